The van der Waals surface area contributed by atoms with E-state index in [1.54, 1.807) is 34.9 Å². The zero-order valence-corrected chi connectivity index (χ0v) is 15.5. The normalized spacial score (nSPS) is 25.5. The van der Waals surface area contributed by atoms with Gasteiger partial charge in [0.2, 0.25) is 5.91 Å². The van der Waals surface area contributed by atoms with E-state index in [-0.39, 0.29) is 17.4 Å². The summed E-state index contributed by atoms with van der Waals surface area (Å²) in [6.07, 6.45) is 1.19. The summed E-state index contributed by atoms with van der Waals surface area (Å²) in [5.74, 6) is -0.463. The fourth-order valence-corrected chi connectivity index (χ4v) is 4.78. The van der Waals surface area contributed by atoms with Crippen LogP contribution in [0.2, 0.25) is 0 Å². The van der Waals surface area contributed by atoms with Gasteiger partial charge in [0.05, 0.1) is 10.6 Å². The molecular formula is C16H17BrN2O4S. The molecule has 2 saturated heterocycles. The molecule has 6 nitrogen and oxygen atoms in total. The standard InChI is InChI=1S/C16H17BrN2O4S/c1-16-7-6-14(21)19(16)12(9-24-16)15(22)23-8-13(20)18-11-5-3-2-4-10(11)17/h2-5,12H,6-9H2,1H3,(H,18,20)/t12-,16+/m1/s1. The van der Waals surface area contributed by atoms with Gasteiger partial charge in [0.25, 0.3) is 5.91 Å². The van der Waals surface area contributed by atoms with E-state index in [1.165, 1.54) is 0 Å². The molecule has 2 aliphatic heterocycles. The van der Waals surface area contributed by atoms with Gasteiger partial charge < -0.3 is 15.0 Å². The smallest absolute Gasteiger partial charge is 0.330 e. The third-order valence-electron chi connectivity index (χ3n) is 4.21. The second kappa shape index (κ2) is 6.76. The van der Waals surface area contributed by atoms with Crippen molar-refractivity contribution in [1.82, 2.24) is 4.90 Å². The lowest BCUT2D eigenvalue weighted by molar-refractivity contribution is -0.155. The zero-order valence-electron chi connectivity index (χ0n) is 13.1. The Hall–Kier alpha value is -1.54. The molecule has 2 atom stereocenters. The molecule has 0 bridgehead atoms. The second-order valence-electron chi connectivity index (χ2n) is 5.90. The summed E-state index contributed by atoms with van der Waals surface area (Å²) in [7, 11) is 0. The molecule has 3 rings (SSSR count). The van der Waals surface area contributed by atoms with Crippen LogP contribution >= 0.6 is 27.7 Å². The first-order valence-electron chi connectivity index (χ1n) is 7.58. The number of hydrogen-bond donors (Lipinski definition) is 1. The van der Waals surface area contributed by atoms with E-state index in [2.05, 4.69) is 21.2 Å². The number of nitrogens with zero attached hydrogens (tertiary/aromatic N) is 1. The Bertz CT molecular complexity index is 698. The summed E-state index contributed by atoms with van der Waals surface area (Å²) in [6, 6.07) is 6.57. The first-order valence-corrected chi connectivity index (χ1v) is 9.36. The van der Waals surface area contributed by atoms with Crippen LogP contribution in [0.5, 0.6) is 0 Å². The maximum Gasteiger partial charge on any atom is 0.330 e. The van der Waals surface area contributed by atoms with Gasteiger partial charge in [-0.05, 0) is 41.4 Å². The number of nitrogens with one attached hydrogen (secondary N) is 1. The Morgan fingerprint density at radius 3 is 2.96 bits per heavy atom. The summed E-state index contributed by atoms with van der Waals surface area (Å²) in [5.41, 5.74) is 0.609. The number of benzene rings is 1. The molecule has 2 heterocycles. The van der Waals surface area contributed by atoms with Crippen molar-refractivity contribution < 1.29 is 19.1 Å². The van der Waals surface area contributed by atoms with Gasteiger partial charge in [0.15, 0.2) is 6.61 Å². The van der Waals surface area contributed by atoms with Gasteiger partial charge in [-0.25, -0.2) is 4.79 Å². The van der Waals surface area contributed by atoms with E-state index in [4.69, 9.17) is 4.74 Å². The Labute approximate surface area is 152 Å². The molecule has 2 amide bonds. The number of anilines is 1. The van der Waals surface area contributed by atoms with Crippen molar-refractivity contribution in [1.29, 1.82) is 0 Å². The van der Waals surface area contributed by atoms with Gasteiger partial charge in [-0.1, -0.05) is 12.1 Å². The summed E-state index contributed by atoms with van der Waals surface area (Å²) < 4.78 is 5.87. The van der Waals surface area contributed by atoms with Crippen LogP contribution in [0.1, 0.15) is 19.8 Å². The number of ether oxygens (including phenoxy) is 1. The molecule has 0 saturated carbocycles. The van der Waals surface area contributed by atoms with Crippen LogP contribution in [0.3, 0.4) is 0 Å². The third-order valence-corrected chi connectivity index (χ3v) is 6.41. The number of hydrogen-bond acceptors (Lipinski definition) is 5. The fourth-order valence-electron chi connectivity index (χ4n) is 2.98. The highest BCUT2D eigenvalue weighted by Gasteiger charge is 2.53. The Balaban J connectivity index is 1.55. The average Bonchev–Trinajstić information content (AvgIpc) is 3.04. The molecular weight excluding hydrogens is 396 g/mol. The molecule has 1 aromatic rings. The minimum absolute atomic E-state index is 0.0258. The maximum atomic E-state index is 12.3. The van der Waals surface area contributed by atoms with E-state index in [1.807, 2.05) is 13.0 Å². The molecule has 8 heteroatoms. The van der Waals surface area contributed by atoms with Crippen LogP contribution in [0.4, 0.5) is 5.69 Å². The first kappa shape index (κ1) is 17.3. The average molecular weight is 413 g/mol. The topological polar surface area (TPSA) is 75.7 Å². The molecule has 2 aliphatic rings. The SMILES string of the molecule is C[C@]12CCC(=O)N1[C@@H](C(=O)OCC(=O)Nc1ccccc1Br)CS2. The van der Waals surface area contributed by atoms with Crippen molar-refractivity contribution in [2.24, 2.45) is 0 Å². The highest BCUT2D eigenvalue weighted by molar-refractivity contribution is 9.10. The predicted molar refractivity (Wildman–Crippen MR) is 94.5 cm³/mol. The predicted octanol–water partition coefficient (Wildman–Crippen LogP) is 2.38. The van der Waals surface area contributed by atoms with Crippen LogP contribution in [0.25, 0.3) is 0 Å². The van der Waals surface area contributed by atoms with Crippen molar-refractivity contribution >= 4 is 51.2 Å². The van der Waals surface area contributed by atoms with E-state index >= 15 is 0 Å². The van der Waals surface area contributed by atoms with Crippen LogP contribution in [-0.4, -0.2) is 46.0 Å². The van der Waals surface area contributed by atoms with E-state index < -0.39 is 17.9 Å². The molecule has 2 fully saturated rings. The van der Waals surface area contributed by atoms with Gasteiger partial charge >= 0.3 is 5.97 Å². The van der Waals surface area contributed by atoms with Gasteiger partial charge in [-0.3, -0.25) is 9.59 Å². The summed E-state index contributed by atoms with van der Waals surface area (Å²) in [6.45, 7) is 1.59. The Morgan fingerprint density at radius 2 is 2.21 bits per heavy atom. The van der Waals surface area contributed by atoms with E-state index in [0.29, 0.717) is 17.9 Å². The number of thioether (sulfide) groups is 1. The summed E-state index contributed by atoms with van der Waals surface area (Å²) in [4.78, 5) is 37.5. The molecule has 0 aliphatic carbocycles. The van der Waals surface area contributed by atoms with Crippen LogP contribution in [0.15, 0.2) is 28.7 Å². The summed E-state index contributed by atoms with van der Waals surface area (Å²) in [5, 5.41) is 2.67. The molecule has 0 radical (unpaired) electrons. The number of fused-ring (bicyclic) bond motifs is 1. The van der Waals surface area contributed by atoms with Crippen LogP contribution < -0.4 is 5.32 Å². The molecule has 0 aromatic heterocycles. The number of carbonyl (C=O) groups is 3. The number of carbonyl (C=O) groups excluding carboxylic acids is 3. The van der Waals surface area contributed by atoms with E-state index in [9.17, 15) is 14.4 Å². The molecule has 0 unspecified atom stereocenters. The molecule has 1 aromatic carbocycles. The van der Waals surface area contributed by atoms with E-state index in [0.717, 1.165) is 10.9 Å². The van der Waals surface area contributed by atoms with Gasteiger partial charge in [-0.2, -0.15) is 0 Å². The first-order chi connectivity index (χ1) is 11.4. The summed E-state index contributed by atoms with van der Waals surface area (Å²) >= 11 is 4.92. The van der Waals surface area contributed by atoms with Gasteiger partial charge in [0.1, 0.15) is 6.04 Å². The van der Waals surface area contributed by atoms with Gasteiger partial charge in [0, 0.05) is 16.6 Å². The maximum absolute atomic E-state index is 12.3. The monoisotopic (exact) mass is 412 g/mol. The molecule has 1 N–H and O–H groups in total. The molecule has 128 valence electrons. The Kier molecular flexibility index (Phi) is 4.87. The number of halogens is 1. The minimum atomic E-state index is -0.605. The van der Waals surface area contributed by atoms with Crippen molar-refractivity contribution in [2.45, 2.75) is 30.7 Å². The lowest BCUT2D eigenvalue weighted by Crippen LogP contribution is -2.47. The molecule has 24 heavy (non-hydrogen) atoms. The van der Waals surface area contributed by atoms with Crippen LogP contribution in [0, 0.1) is 0 Å². The van der Waals surface area contributed by atoms with Crippen molar-refractivity contribution in [2.75, 3.05) is 17.7 Å². The van der Waals surface area contributed by atoms with Crippen molar-refractivity contribution in [3.05, 3.63) is 28.7 Å². The fraction of sp³-hybridized carbons (Fsp3) is 0.438. The van der Waals surface area contributed by atoms with Crippen molar-refractivity contribution in [3.63, 3.8) is 0 Å². The largest absolute Gasteiger partial charge is 0.454 e. The Morgan fingerprint density at radius 1 is 1.46 bits per heavy atom. The second-order valence-corrected chi connectivity index (χ2v) is 8.26. The van der Waals surface area contributed by atoms with Gasteiger partial charge in [-0.15, -0.1) is 11.8 Å². The highest BCUT2D eigenvalue weighted by atomic mass is 79.9. The lowest BCUT2D eigenvalue weighted by Gasteiger charge is -2.29. The zero-order chi connectivity index (χ0) is 17.3. The van der Waals surface area contributed by atoms with Crippen LogP contribution in [-0.2, 0) is 19.1 Å². The number of esters is 1. The number of amides is 2. The quantitative estimate of drug-likeness (QED) is 0.768. The third kappa shape index (κ3) is 3.30. The number of para-hydroxylation sites is 1. The minimum Gasteiger partial charge on any atom is -0.454 e. The number of rotatable bonds is 4. The lowest BCUT2D eigenvalue weighted by atomic mass is 10.2. The molecule has 0 spiro atoms. The van der Waals surface area contributed by atoms with Crippen molar-refractivity contribution in [3.8, 4) is 0 Å². The highest BCUT2D eigenvalue weighted by Crippen LogP contribution is 2.47.